The number of hydrogen-bond donors (Lipinski definition) is 6. The van der Waals surface area contributed by atoms with Crippen molar-refractivity contribution in [3.8, 4) is 23.0 Å². The number of carbonyl (C=O) groups excluding carboxylic acids is 2. The van der Waals surface area contributed by atoms with Gasteiger partial charge in [0.1, 0.15) is 23.8 Å². The average molecular weight is 898 g/mol. The summed E-state index contributed by atoms with van der Waals surface area (Å²) in [5.74, 6) is -2.70. The number of esters is 1. The van der Waals surface area contributed by atoms with E-state index in [1.807, 2.05) is 0 Å². The molecule has 322 valence electrons. The average Bonchev–Trinajstić information content (AvgIpc) is 3.76. The van der Waals surface area contributed by atoms with E-state index < -0.39 is 86.6 Å². The first-order valence-corrected chi connectivity index (χ1v) is 20.3. The highest BCUT2D eigenvalue weighted by atomic mass is 35.5. The van der Waals surface area contributed by atoms with Crippen LogP contribution in [0.5, 0.6) is 23.0 Å². The normalized spacial score (nSPS) is 22.5. The van der Waals surface area contributed by atoms with E-state index >= 15 is 0 Å². The Balaban J connectivity index is 1.19. The van der Waals surface area contributed by atoms with Crippen molar-refractivity contribution >= 4 is 59.9 Å². The molecular formula is C37H39Cl2N4O16P. The van der Waals surface area contributed by atoms with Crippen molar-refractivity contribution in [3.05, 3.63) is 90.2 Å². The third-order valence-corrected chi connectivity index (χ3v) is 11.3. The molecule has 20 nitrogen and oxygen atoms in total. The molecule has 3 heterocycles. The predicted octanol–water partition coefficient (Wildman–Crippen LogP) is 4.21. The van der Waals surface area contributed by atoms with E-state index in [0.717, 1.165) is 17.0 Å². The number of phenolic OH excluding ortho intramolecular Hbond substituents is 3. The van der Waals surface area contributed by atoms with Gasteiger partial charge >= 0.3 is 19.5 Å². The monoisotopic (exact) mass is 896 g/mol. The Bertz CT molecular complexity index is 2480. The van der Waals surface area contributed by atoms with Gasteiger partial charge in [-0.3, -0.25) is 33.0 Å². The number of hydrogen-bond acceptors (Lipinski definition) is 16. The second-order valence-electron chi connectivity index (χ2n) is 13.7. The summed E-state index contributed by atoms with van der Waals surface area (Å²) in [6, 6.07) is 8.51. The van der Waals surface area contributed by atoms with Crippen LogP contribution >= 0.6 is 31.0 Å². The number of fused-ring (bicyclic) bond motifs is 1. The van der Waals surface area contributed by atoms with Crippen molar-refractivity contribution in [2.45, 2.75) is 64.1 Å². The van der Waals surface area contributed by atoms with Crippen molar-refractivity contribution in [2.75, 3.05) is 20.3 Å². The molecule has 6 N–H and O–H groups in total. The number of amides is 1. The van der Waals surface area contributed by atoms with Crippen molar-refractivity contribution in [1.82, 2.24) is 14.9 Å². The van der Waals surface area contributed by atoms with Gasteiger partial charge in [0.25, 0.3) is 11.5 Å². The summed E-state index contributed by atoms with van der Waals surface area (Å²) >= 11 is 12.6. The van der Waals surface area contributed by atoms with Crippen LogP contribution in [0.15, 0.2) is 57.3 Å². The molecule has 3 aromatic carbocycles. The summed E-state index contributed by atoms with van der Waals surface area (Å²) in [4.78, 5) is 68.9. The molecular weight excluding hydrogens is 858 g/mol. The molecule has 2 aliphatic rings. The minimum absolute atomic E-state index is 0.000467. The van der Waals surface area contributed by atoms with Gasteiger partial charge in [-0.1, -0.05) is 40.5 Å². The van der Waals surface area contributed by atoms with E-state index in [1.54, 1.807) is 19.1 Å². The molecule has 60 heavy (non-hydrogen) atoms. The van der Waals surface area contributed by atoms with E-state index in [0.29, 0.717) is 10.8 Å². The Morgan fingerprint density at radius 1 is 1.08 bits per heavy atom. The van der Waals surface area contributed by atoms with Crippen LogP contribution in [-0.4, -0.2) is 92.8 Å². The number of ether oxygens (including phenoxy) is 4. The van der Waals surface area contributed by atoms with Gasteiger partial charge in [-0.05, 0) is 30.5 Å². The fraction of sp³-hybridized carbons (Fsp3) is 0.378. The Morgan fingerprint density at radius 2 is 1.83 bits per heavy atom. The molecule has 0 spiro atoms. The number of halogens is 2. The Morgan fingerprint density at radius 3 is 2.57 bits per heavy atom. The van der Waals surface area contributed by atoms with E-state index in [1.165, 1.54) is 38.3 Å². The van der Waals surface area contributed by atoms with E-state index in [2.05, 4.69) is 15.5 Å². The lowest BCUT2D eigenvalue weighted by atomic mass is 10.0. The highest BCUT2D eigenvalue weighted by Gasteiger charge is 2.42. The summed E-state index contributed by atoms with van der Waals surface area (Å²) in [7, 11) is -3.48. The molecule has 4 aromatic rings. The second kappa shape index (κ2) is 18.6. The Labute approximate surface area is 349 Å². The number of nitrogens with one attached hydrogen (secondary N) is 2. The minimum atomic E-state index is -4.78. The maximum absolute atomic E-state index is 13.1. The quantitative estimate of drug-likeness (QED) is 0.0422. The third kappa shape index (κ3) is 10.2. The zero-order valence-electron chi connectivity index (χ0n) is 31.9. The van der Waals surface area contributed by atoms with Crippen molar-refractivity contribution in [3.63, 3.8) is 0 Å². The fourth-order valence-corrected chi connectivity index (χ4v) is 7.81. The van der Waals surface area contributed by atoms with Gasteiger partial charge in [0.05, 0.1) is 60.4 Å². The molecule has 1 aromatic heterocycles. The number of carbonyl (C=O) groups is 2. The van der Waals surface area contributed by atoms with Crippen molar-refractivity contribution in [1.29, 1.82) is 0 Å². The molecule has 0 aliphatic carbocycles. The number of aromatic nitrogens is 2. The summed E-state index contributed by atoms with van der Waals surface area (Å²) in [5.41, 5.74) is -2.02. The molecule has 1 unspecified atom stereocenters. The number of phosphoric ester groups is 1. The van der Waals surface area contributed by atoms with Gasteiger partial charge in [0, 0.05) is 48.9 Å². The maximum atomic E-state index is 13.1. The number of rotatable bonds is 15. The van der Waals surface area contributed by atoms with Gasteiger partial charge in [-0.15, -0.1) is 0 Å². The summed E-state index contributed by atoms with van der Waals surface area (Å²) < 4.78 is 46.2. The first kappa shape index (κ1) is 44.4. The number of phenols is 3. The summed E-state index contributed by atoms with van der Waals surface area (Å²) in [5, 5.41) is 38.1. The van der Waals surface area contributed by atoms with Gasteiger partial charge < -0.3 is 49.3 Å². The maximum Gasteiger partial charge on any atom is 0.472 e. The fourth-order valence-electron chi connectivity index (χ4n) is 6.49. The van der Waals surface area contributed by atoms with Crippen LogP contribution < -0.4 is 21.3 Å². The van der Waals surface area contributed by atoms with Gasteiger partial charge in [-0.2, -0.15) is 0 Å². The first-order chi connectivity index (χ1) is 28.4. The van der Waals surface area contributed by atoms with E-state index in [-0.39, 0.29) is 63.4 Å². The van der Waals surface area contributed by atoms with Crippen LogP contribution in [0.4, 0.5) is 0 Å². The highest BCUT2D eigenvalue weighted by Crippen LogP contribution is 2.46. The molecule has 0 saturated carbocycles. The van der Waals surface area contributed by atoms with Crippen LogP contribution in [0.1, 0.15) is 54.4 Å². The van der Waals surface area contributed by atoms with E-state index in [9.17, 15) is 44.0 Å². The standard InChI is InChI=1S/C37H39Cl2N4O16P/c1-17-20(8-32(56-17)57-18(2)44)15-54-60(51,52)55-16-30-28(59-41-13-24-25(38)10-29(53-3)34(47)33(24)39)11-31(58-30)43-14-21(35(48)42-37(43)50)12-40-36(49)23-9-22-19(7-27(23)46)5-4-6-26(22)45/h4-7,9-10,13-14,17,20,28,30-32,45-47H,8,11-12,15-16H2,1-3H3,(H,40,49)(H,51,52)(H,42,48,50)/b41-13+/t17-,20+,28-,30-,31-,32+/m1/s1. The Hall–Kier alpha value is -5.18. The molecule has 2 fully saturated rings. The van der Waals surface area contributed by atoms with Crippen LogP contribution in [0, 0.1) is 5.92 Å². The first-order valence-electron chi connectivity index (χ1n) is 18.1. The zero-order valence-corrected chi connectivity index (χ0v) is 34.3. The number of phosphoric acid groups is 1. The molecule has 2 aliphatic heterocycles. The van der Waals surface area contributed by atoms with Crippen LogP contribution in [0.25, 0.3) is 10.8 Å². The number of H-pyrrole nitrogens is 1. The minimum Gasteiger partial charge on any atom is -0.507 e. The lowest BCUT2D eigenvalue weighted by Gasteiger charge is -2.20. The van der Waals surface area contributed by atoms with Gasteiger partial charge in [0.15, 0.2) is 17.6 Å². The number of methoxy groups -OCH3 is 1. The van der Waals surface area contributed by atoms with Gasteiger partial charge in [-0.25, -0.2) is 9.36 Å². The molecule has 6 rings (SSSR count). The Kier molecular flexibility index (Phi) is 13.8. The van der Waals surface area contributed by atoms with Gasteiger partial charge in [0.2, 0.25) is 6.29 Å². The topological polar surface area (TPSA) is 276 Å². The van der Waals surface area contributed by atoms with Crippen molar-refractivity contribution < 1.29 is 67.2 Å². The smallest absolute Gasteiger partial charge is 0.472 e. The van der Waals surface area contributed by atoms with Crippen LogP contribution in [0.2, 0.25) is 10.0 Å². The van der Waals surface area contributed by atoms with Crippen LogP contribution in [0.3, 0.4) is 0 Å². The summed E-state index contributed by atoms with van der Waals surface area (Å²) in [6.07, 6.45) is -2.61. The number of benzene rings is 3. The summed E-state index contributed by atoms with van der Waals surface area (Å²) in [6.45, 7) is 1.54. The highest BCUT2D eigenvalue weighted by molar-refractivity contribution is 7.47. The lowest BCUT2D eigenvalue weighted by Crippen LogP contribution is -2.36. The third-order valence-electron chi connectivity index (χ3n) is 9.66. The molecule has 0 radical (unpaired) electrons. The zero-order chi connectivity index (χ0) is 43.5. The number of aromatic amines is 1. The molecule has 1 amide bonds. The predicted molar refractivity (Wildman–Crippen MR) is 211 cm³/mol. The van der Waals surface area contributed by atoms with Crippen LogP contribution in [-0.2, 0) is 44.0 Å². The molecule has 0 bridgehead atoms. The molecule has 2 saturated heterocycles. The SMILES string of the molecule is COc1cc(Cl)c(/C=N/O[C@@H]2C[C@H](n3cc(CNC(=O)c4cc5c(O)cccc5cc4O)c(=O)[nH]c3=O)O[C@@H]2COP(=O)(O)OC[C@@H]2C[C@H](OC(C)=O)O[C@@H]2C)c(Cl)c1O. The molecule has 7 atom stereocenters. The van der Waals surface area contributed by atoms with E-state index in [4.69, 9.17) is 56.0 Å². The largest absolute Gasteiger partial charge is 0.507 e. The second-order valence-corrected chi connectivity index (χ2v) is 15.9. The lowest BCUT2D eigenvalue weighted by molar-refractivity contribution is -0.171. The number of aromatic hydroxyl groups is 3. The number of oxime groups is 1. The van der Waals surface area contributed by atoms with Crippen molar-refractivity contribution in [2.24, 2.45) is 11.1 Å². The number of nitrogens with zero attached hydrogens (tertiary/aromatic N) is 2. The molecule has 23 heteroatoms.